The van der Waals surface area contributed by atoms with Crippen molar-refractivity contribution in [3.05, 3.63) is 27.8 Å². The molecule has 0 aliphatic rings. The van der Waals surface area contributed by atoms with Crippen LogP contribution in [-0.2, 0) is 6.54 Å². The van der Waals surface area contributed by atoms with Crippen LogP contribution in [0.1, 0.15) is 5.56 Å². The first-order valence-electron chi connectivity index (χ1n) is 3.25. The van der Waals surface area contributed by atoms with Crippen molar-refractivity contribution in [3.63, 3.8) is 0 Å². The van der Waals surface area contributed by atoms with E-state index in [1.807, 2.05) is 0 Å². The van der Waals surface area contributed by atoms with Gasteiger partial charge in [0.05, 0.1) is 12.1 Å². The summed E-state index contributed by atoms with van der Waals surface area (Å²) in [5, 5.41) is 3.19. The van der Waals surface area contributed by atoms with Gasteiger partial charge >= 0.3 is 0 Å². The summed E-state index contributed by atoms with van der Waals surface area (Å²) in [5.74, 6) is 0.388. The van der Waals surface area contributed by atoms with E-state index in [-0.39, 0.29) is 6.54 Å². The van der Waals surface area contributed by atoms with Gasteiger partial charge in [-0.25, -0.2) is 4.98 Å². The SMILES string of the molecule is COc1ncc(Cl)cc1CN=O. The Morgan fingerprint density at radius 2 is 2.50 bits per heavy atom. The van der Waals surface area contributed by atoms with Gasteiger partial charge in [-0.1, -0.05) is 16.8 Å². The van der Waals surface area contributed by atoms with Crippen LogP contribution < -0.4 is 4.74 Å². The number of nitroso groups, excluding NO2 is 1. The fourth-order valence-corrected chi connectivity index (χ4v) is 1.02. The van der Waals surface area contributed by atoms with Gasteiger partial charge in [0.15, 0.2) is 0 Å². The quantitative estimate of drug-likeness (QED) is 0.679. The first-order valence-corrected chi connectivity index (χ1v) is 3.63. The van der Waals surface area contributed by atoms with E-state index in [1.54, 1.807) is 6.07 Å². The van der Waals surface area contributed by atoms with Gasteiger partial charge in [-0.3, -0.25) is 0 Å². The van der Waals surface area contributed by atoms with E-state index >= 15 is 0 Å². The molecule has 0 saturated heterocycles. The van der Waals surface area contributed by atoms with Gasteiger partial charge in [-0.05, 0) is 6.07 Å². The lowest BCUT2D eigenvalue weighted by Crippen LogP contribution is -1.93. The van der Waals surface area contributed by atoms with Crippen LogP contribution in [0.2, 0.25) is 5.02 Å². The van der Waals surface area contributed by atoms with Crippen LogP contribution in [0.15, 0.2) is 17.4 Å². The van der Waals surface area contributed by atoms with Gasteiger partial charge in [-0.15, -0.1) is 0 Å². The summed E-state index contributed by atoms with van der Waals surface area (Å²) in [6.45, 7) is 0.0245. The summed E-state index contributed by atoms with van der Waals surface area (Å²) in [6.07, 6.45) is 1.45. The Bertz CT molecular complexity index is 291. The number of nitrogens with zero attached hydrogens (tertiary/aromatic N) is 2. The number of ether oxygens (including phenoxy) is 1. The third-order valence-electron chi connectivity index (χ3n) is 1.32. The molecule has 0 amide bonds. The van der Waals surface area contributed by atoms with E-state index in [4.69, 9.17) is 16.3 Å². The zero-order valence-corrected chi connectivity index (χ0v) is 7.21. The molecule has 0 N–H and O–H groups in total. The van der Waals surface area contributed by atoms with Crippen LogP contribution >= 0.6 is 11.6 Å². The van der Waals surface area contributed by atoms with Crippen molar-refractivity contribution < 1.29 is 4.74 Å². The number of methoxy groups -OCH3 is 1. The number of rotatable bonds is 3. The van der Waals surface area contributed by atoms with Crippen LogP contribution in [-0.4, -0.2) is 12.1 Å². The molecule has 0 bridgehead atoms. The summed E-state index contributed by atoms with van der Waals surface area (Å²) in [4.78, 5) is 13.8. The summed E-state index contributed by atoms with van der Waals surface area (Å²) < 4.78 is 4.88. The Morgan fingerprint density at radius 1 is 1.75 bits per heavy atom. The van der Waals surface area contributed by atoms with Crippen molar-refractivity contribution in [2.24, 2.45) is 5.18 Å². The summed E-state index contributed by atoms with van der Waals surface area (Å²) >= 11 is 5.65. The molecule has 0 radical (unpaired) electrons. The van der Waals surface area contributed by atoms with E-state index < -0.39 is 0 Å². The van der Waals surface area contributed by atoms with E-state index in [0.717, 1.165) is 0 Å². The molecular weight excluding hydrogens is 180 g/mol. The van der Waals surface area contributed by atoms with Crippen molar-refractivity contribution >= 4 is 11.6 Å². The average molecular weight is 187 g/mol. The molecule has 1 aromatic heterocycles. The molecule has 0 aliphatic carbocycles. The predicted molar refractivity (Wildman–Crippen MR) is 45.3 cm³/mol. The van der Waals surface area contributed by atoms with Crippen LogP contribution in [0.25, 0.3) is 0 Å². The van der Waals surface area contributed by atoms with Crippen molar-refractivity contribution in [2.45, 2.75) is 6.54 Å². The Kier molecular flexibility index (Phi) is 2.99. The zero-order valence-electron chi connectivity index (χ0n) is 6.45. The molecule has 0 unspecified atom stereocenters. The fourth-order valence-electron chi connectivity index (χ4n) is 0.835. The Hall–Kier alpha value is -1.16. The lowest BCUT2D eigenvalue weighted by atomic mass is 10.3. The third-order valence-corrected chi connectivity index (χ3v) is 1.53. The van der Waals surface area contributed by atoms with Crippen molar-refractivity contribution in [1.82, 2.24) is 4.98 Å². The number of aromatic nitrogens is 1. The molecule has 1 rings (SSSR count). The Balaban J connectivity index is 3.03. The highest BCUT2D eigenvalue weighted by Gasteiger charge is 2.04. The topological polar surface area (TPSA) is 51.6 Å². The molecule has 0 fully saturated rings. The molecule has 12 heavy (non-hydrogen) atoms. The number of pyridine rings is 1. The standard InChI is InChI=1S/C7H7ClN2O2/c1-12-7-5(3-10-11)2-6(8)4-9-7/h2,4H,3H2,1H3. The van der Waals surface area contributed by atoms with Crippen LogP contribution in [0.4, 0.5) is 0 Å². The molecule has 0 atom stereocenters. The summed E-state index contributed by atoms with van der Waals surface area (Å²) in [6, 6.07) is 1.61. The van der Waals surface area contributed by atoms with E-state index in [2.05, 4.69) is 10.2 Å². The third kappa shape index (κ3) is 1.92. The number of halogens is 1. The van der Waals surface area contributed by atoms with Gasteiger partial charge in [0.1, 0.15) is 6.54 Å². The molecule has 0 saturated carbocycles. The second-order valence-corrected chi connectivity index (χ2v) is 2.55. The molecule has 1 heterocycles. The molecule has 0 spiro atoms. The number of hydrogen-bond acceptors (Lipinski definition) is 4. The minimum absolute atomic E-state index is 0.0245. The van der Waals surface area contributed by atoms with Crippen LogP contribution in [0, 0.1) is 4.91 Å². The van der Waals surface area contributed by atoms with Gasteiger partial charge in [0.2, 0.25) is 5.88 Å². The van der Waals surface area contributed by atoms with E-state index in [0.29, 0.717) is 16.5 Å². The van der Waals surface area contributed by atoms with Gasteiger partial charge in [0, 0.05) is 11.8 Å². The van der Waals surface area contributed by atoms with Gasteiger partial charge < -0.3 is 4.74 Å². The molecule has 1 aromatic rings. The Morgan fingerprint density at radius 3 is 3.08 bits per heavy atom. The van der Waals surface area contributed by atoms with Crippen molar-refractivity contribution in [2.75, 3.05) is 7.11 Å². The minimum Gasteiger partial charge on any atom is -0.481 e. The zero-order chi connectivity index (χ0) is 8.97. The van der Waals surface area contributed by atoms with Crippen LogP contribution in [0.3, 0.4) is 0 Å². The maximum atomic E-state index is 9.98. The van der Waals surface area contributed by atoms with E-state index in [1.165, 1.54) is 13.3 Å². The maximum Gasteiger partial charge on any atom is 0.218 e. The lowest BCUT2D eigenvalue weighted by Gasteiger charge is -2.02. The maximum absolute atomic E-state index is 9.98. The first kappa shape index (κ1) is 8.93. The van der Waals surface area contributed by atoms with Crippen LogP contribution in [0.5, 0.6) is 5.88 Å². The van der Waals surface area contributed by atoms with Crippen molar-refractivity contribution in [3.8, 4) is 5.88 Å². The first-order chi connectivity index (χ1) is 5.77. The Labute approximate surface area is 74.5 Å². The highest BCUT2D eigenvalue weighted by atomic mass is 35.5. The lowest BCUT2D eigenvalue weighted by molar-refractivity contribution is 0.392. The molecule has 0 aliphatic heterocycles. The highest BCUT2D eigenvalue weighted by molar-refractivity contribution is 6.30. The molecule has 64 valence electrons. The largest absolute Gasteiger partial charge is 0.481 e. The second kappa shape index (κ2) is 4.01. The van der Waals surface area contributed by atoms with E-state index in [9.17, 15) is 4.91 Å². The summed E-state index contributed by atoms with van der Waals surface area (Å²) in [7, 11) is 1.48. The van der Waals surface area contributed by atoms with Crippen molar-refractivity contribution in [1.29, 1.82) is 0 Å². The number of hydrogen-bond donors (Lipinski definition) is 0. The average Bonchev–Trinajstić information content (AvgIpc) is 2.05. The fraction of sp³-hybridized carbons (Fsp3) is 0.286. The molecule has 5 heteroatoms. The monoisotopic (exact) mass is 186 g/mol. The highest BCUT2D eigenvalue weighted by Crippen LogP contribution is 2.19. The van der Waals surface area contributed by atoms with Gasteiger partial charge in [-0.2, -0.15) is 4.91 Å². The minimum atomic E-state index is 0.0245. The summed E-state index contributed by atoms with van der Waals surface area (Å²) in [5.41, 5.74) is 0.597. The van der Waals surface area contributed by atoms with Gasteiger partial charge in [0.25, 0.3) is 0 Å². The molecule has 4 nitrogen and oxygen atoms in total. The smallest absolute Gasteiger partial charge is 0.218 e. The predicted octanol–water partition coefficient (Wildman–Crippen LogP) is 2.01. The second-order valence-electron chi connectivity index (χ2n) is 2.11. The normalized spacial score (nSPS) is 9.50. The molecular formula is C7H7ClN2O2. The molecule has 0 aromatic carbocycles.